The first-order valence-electron chi connectivity index (χ1n) is 13.1. The number of nitrogens with zero attached hydrogens (tertiary/aromatic N) is 3. The molecule has 3 heterocycles. The second-order valence-corrected chi connectivity index (χ2v) is 11.7. The minimum atomic E-state index is -0.614. The van der Waals surface area contributed by atoms with Crippen LogP contribution in [0.4, 0.5) is 10.2 Å². The summed E-state index contributed by atoms with van der Waals surface area (Å²) in [4.78, 5) is 11.4. The molecular weight excluding hydrogens is 496 g/mol. The van der Waals surface area contributed by atoms with E-state index in [1.54, 1.807) is 17.2 Å². The summed E-state index contributed by atoms with van der Waals surface area (Å²) < 4.78 is 38.6. The first-order chi connectivity index (χ1) is 18.1. The van der Waals surface area contributed by atoms with Crippen LogP contribution < -0.4 is 10.4 Å². The molecule has 4 rings (SSSR count). The molecule has 2 aromatic heterocycles. The molecule has 1 fully saturated rings. The normalized spacial score (nSPS) is 17.8. The van der Waals surface area contributed by atoms with Crippen LogP contribution in [0.1, 0.15) is 55.4 Å². The fourth-order valence-corrected chi connectivity index (χ4v) is 4.25. The molecule has 7 nitrogen and oxygen atoms in total. The number of aromatic nitrogens is 2. The lowest BCUT2D eigenvalue weighted by atomic mass is 9.78. The Hall–Kier alpha value is -3.43. The molecule has 0 radical (unpaired) electrons. The number of benzene rings is 1. The molecule has 9 heteroatoms. The van der Waals surface area contributed by atoms with Gasteiger partial charge in [-0.15, -0.1) is 0 Å². The first kappa shape index (κ1) is 28.6. The van der Waals surface area contributed by atoms with Gasteiger partial charge in [-0.1, -0.05) is 18.2 Å². The predicted octanol–water partition coefficient (Wildman–Crippen LogP) is 6.33. The maximum absolute atomic E-state index is 14.1. The molecule has 1 aliphatic rings. The second-order valence-electron chi connectivity index (χ2n) is 11.7. The van der Waals surface area contributed by atoms with Crippen LogP contribution in [0.2, 0.25) is 0 Å². The van der Waals surface area contributed by atoms with Crippen molar-refractivity contribution in [2.75, 3.05) is 4.90 Å². The van der Waals surface area contributed by atoms with Crippen LogP contribution in [-0.2, 0) is 18.8 Å². The van der Waals surface area contributed by atoms with E-state index in [4.69, 9.17) is 28.8 Å². The quantitative estimate of drug-likeness (QED) is 0.260. The second kappa shape index (κ2) is 10.6. The van der Waals surface area contributed by atoms with Crippen LogP contribution in [0, 0.1) is 5.82 Å². The SMILES string of the molecule is C=C(OC(C)(C)C)N(C(=C)OC(C)(C)C)c1ncc(B2OC(C)C(C)O2)c2ccc(-c3cccc(F)c3)nc12. The van der Waals surface area contributed by atoms with Crippen LogP contribution >= 0.6 is 0 Å². The summed E-state index contributed by atoms with van der Waals surface area (Å²) >= 11 is 0. The highest BCUT2D eigenvalue weighted by molar-refractivity contribution is 6.65. The third-order valence-electron chi connectivity index (χ3n) is 6.01. The Balaban J connectivity index is 1.94. The predicted molar refractivity (Wildman–Crippen MR) is 154 cm³/mol. The Bertz CT molecular complexity index is 1360. The summed E-state index contributed by atoms with van der Waals surface area (Å²) in [6.07, 6.45) is 1.54. The van der Waals surface area contributed by atoms with Crippen LogP contribution in [0.3, 0.4) is 0 Å². The van der Waals surface area contributed by atoms with E-state index < -0.39 is 18.3 Å². The average molecular weight is 533 g/mol. The average Bonchev–Trinajstić information content (AvgIpc) is 3.14. The van der Waals surface area contributed by atoms with Crippen molar-refractivity contribution < 1.29 is 23.2 Å². The third kappa shape index (κ3) is 6.60. The molecule has 0 saturated carbocycles. The van der Waals surface area contributed by atoms with E-state index in [9.17, 15) is 4.39 Å². The summed E-state index contributed by atoms with van der Waals surface area (Å²) in [6.45, 7) is 23.9. The summed E-state index contributed by atoms with van der Waals surface area (Å²) in [5.41, 5.74) is 1.33. The van der Waals surface area contributed by atoms with Crippen molar-refractivity contribution in [3.8, 4) is 11.3 Å². The maximum Gasteiger partial charge on any atom is 0.496 e. The lowest BCUT2D eigenvalue weighted by Gasteiger charge is -2.34. The van der Waals surface area contributed by atoms with E-state index in [1.807, 2.05) is 73.6 Å². The topological polar surface area (TPSA) is 65.9 Å². The van der Waals surface area contributed by atoms with Gasteiger partial charge < -0.3 is 18.8 Å². The Kier molecular flexibility index (Phi) is 7.78. The third-order valence-corrected chi connectivity index (χ3v) is 6.01. The van der Waals surface area contributed by atoms with E-state index in [2.05, 4.69) is 13.2 Å². The number of hydrogen-bond donors (Lipinski definition) is 0. The van der Waals surface area contributed by atoms with E-state index in [0.717, 1.165) is 10.8 Å². The summed E-state index contributed by atoms with van der Waals surface area (Å²) in [7, 11) is -0.614. The van der Waals surface area contributed by atoms with E-state index in [1.165, 1.54) is 12.1 Å². The van der Waals surface area contributed by atoms with Gasteiger partial charge in [0.15, 0.2) is 17.6 Å². The minimum absolute atomic E-state index is 0.0827. The smallest absolute Gasteiger partial charge is 0.473 e. The molecule has 3 aromatic rings. The van der Waals surface area contributed by atoms with Crippen LogP contribution in [-0.4, -0.2) is 40.5 Å². The Morgan fingerprint density at radius 3 is 2.08 bits per heavy atom. The van der Waals surface area contributed by atoms with E-state index >= 15 is 0 Å². The van der Waals surface area contributed by atoms with Gasteiger partial charge in [0.2, 0.25) is 0 Å². The molecule has 0 N–H and O–H groups in total. The summed E-state index contributed by atoms with van der Waals surface area (Å²) in [6, 6.07) is 10.1. The van der Waals surface area contributed by atoms with Crippen molar-refractivity contribution in [2.45, 2.75) is 78.8 Å². The zero-order chi connectivity index (χ0) is 28.7. The number of pyridine rings is 2. The Morgan fingerprint density at radius 2 is 1.54 bits per heavy atom. The Morgan fingerprint density at radius 1 is 0.949 bits per heavy atom. The lowest BCUT2D eigenvalue weighted by Crippen LogP contribution is -2.36. The van der Waals surface area contributed by atoms with Crippen molar-refractivity contribution >= 4 is 29.3 Å². The van der Waals surface area contributed by atoms with Gasteiger partial charge in [0.25, 0.3) is 0 Å². The zero-order valence-electron chi connectivity index (χ0n) is 24.0. The molecule has 0 amide bonds. The van der Waals surface area contributed by atoms with Gasteiger partial charge in [-0.25, -0.2) is 19.3 Å². The molecule has 0 spiro atoms. The van der Waals surface area contributed by atoms with Crippen LogP contribution in [0.15, 0.2) is 67.5 Å². The molecule has 1 aliphatic heterocycles. The van der Waals surface area contributed by atoms with E-state index in [-0.39, 0.29) is 29.8 Å². The summed E-state index contributed by atoms with van der Waals surface area (Å²) in [5.74, 6) is 0.589. The van der Waals surface area contributed by atoms with Crippen LogP contribution in [0.5, 0.6) is 0 Å². The molecule has 1 aromatic carbocycles. The fourth-order valence-electron chi connectivity index (χ4n) is 4.25. The highest BCUT2D eigenvalue weighted by atomic mass is 19.1. The Labute approximate surface area is 230 Å². The highest BCUT2D eigenvalue weighted by Crippen LogP contribution is 2.34. The maximum atomic E-state index is 14.1. The van der Waals surface area contributed by atoms with Crippen LogP contribution in [0.25, 0.3) is 22.2 Å². The van der Waals surface area contributed by atoms with Gasteiger partial charge >= 0.3 is 7.12 Å². The standard InChI is InChI=1S/C30H37BFN3O4/c1-18-19(2)39-31(38-18)25-17-33-28(35(20(3)36-29(5,6)7)21(4)37-30(8,9)10)27-24(25)14-15-26(34-27)22-12-11-13-23(32)16-22/h11-19H,3-4H2,1-2,5-10H3. The van der Waals surface area contributed by atoms with Gasteiger partial charge in [0.1, 0.15) is 22.5 Å². The molecule has 206 valence electrons. The van der Waals surface area contributed by atoms with E-state index in [0.29, 0.717) is 22.6 Å². The molecule has 2 unspecified atom stereocenters. The van der Waals surface area contributed by atoms with Gasteiger partial charge in [-0.2, -0.15) is 0 Å². The number of halogens is 1. The van der Waals surface area contributed by atoms with Crippen molar-refractivity contribution in [2.24, 2.45) is 0 Å². The van der Waals surface area contributed by atoms with Crippen molar-refractivity contribution in [3.63, 3.8) is 0 Å². The number of hydrogen-bond acceptors (Lipinski definition) is 7. The van der Waals surface area contributed by atoms with Gasteiger partial charge in [-0.3, -0.25) is 0 Å². The molecule has 2 atom stereocenters. The van der Waals surface area contributed by atoms with Gasteiger partial charge in [-0.05, 0) is 86.7 Å². The minimum Gasteiger partial charge on any atom is -0.473 e. The fraction of sp³-hybridized carbons (Fsp3) is 0.400. The molecule has 0 aliphatic carbocycles. The number of rotatable bonds is 7. The van der Waals surface area contributed by atoms with Crippen molar-refractivity contribution in [3.05, 3.63) is 73.3 Å². The summed E-state index contributed by atoms with van der Waals surface area (Å²) in [5, 5.41) is 0.753. The monoisotopic (exact) mass is 533 g/mol. The van der Waals surface area contributed by atoms with Gasteiger partial charge in [0.05, 0.1) is 17.9 Å². The number of ether oxygens (including phenoxy) is 2. The molecule has 39 heavy (non-hydrogen) atoms. The lowest BCUT2D eigenvalue weighted by molar-refractivity contribution is 0.0262. The largest absolute Gasteiger partial charge is 0.496 e. The molecule has 1 saturated heterocycles. The number of anilines is 1. The molecular formula is C30H37BFN3O4. The molecule has 0 bridgehead atoms. The number of fused-ring (bicyclic) bond motifs is 1. The van der Waals surface area contributed by atoms with Gasteiger partial charge in [0, 0.05) is 22.6 Å². The van der Waals surface area contributed by atoms with Crippen molar-refractivity contribution in [1.82, 2.24) is 9.97 Å². The van der Waals surface area contributed by atoms with Crippen molar-refractivity contribution in [1.29, 1.82) is 0 Å². The first-order valence-corrected chi connectivity index (χ1v) is 13.1. The zero-order valence-corrected chi connectivity index (χ0v) is 24.0. The highest BCUT2D eigenvalue weighted by Gasteiger charge is 2.38.